The van der Waals surface area contributed by atoms with E-state index in [1.165, 1.54) is 12.1 Å². The number of carbonyl (C=O) groups is 1. The lowest BCUT2D eigenvalue weighted by Gasteiger charge is -2.06. The Balaban J connectivity index is 2.46. The minimum Gasteiger partial charge on any atom is -0.494 e. The van der Waals surface area contributed by atoms with E-state index in [1.54, 1.807) is 12.1 Å². The summed E-state index contributed by atoms with van der Waals surface area (Å²) in [6.07, 6.45) is 2.42. The molecule has 18 heavy (non-hydrogen) atoms. The third-order valence-electron chi connectivity index (χ3n) is 2.29. The van der Waals surface area contributed by atoms with Gasteiger partial charge in [0.1, 0.15) is 5.75 Å². The van der Waals surface area contributed by atoms with Crippen molar-refractivity contribution in [3.63, 3.8) is 0 Å². The summed E-state index contributed by atoms with van der Waals surface area (Å²) in [5.41, 5.74) is 0. The highest BCUT2D eigenvalue weighted by molar-refractivity contribution is 7.90. The number of aliphatic carboxylic acids is 1. The molecule has 0 fully saturated rings. The van der Waals surface area contributed by atoms with Gasteiger partial charge in [-0.15, -0.1) is 0 Å². The van der Waals surface area contributed by atoms with E-state index >= 15 is 0 Å². The second kappa shape index (κ2) is 6.39. The first-order valence-corrected chi connectivity index (χ1v) is 7.43. The molecule has 6 heteroatoms. The molecule has 0 amide bonds. The molecule has 0 heterocycles. The Kier molecular flexibility index (Phi) is 5.15. The summed E-state index contributed by atoms with van der Waals surface area (Å²) in [6.45, 7) is 0.375. The van der Waals surface area contributed by atoms with Crippen molar-refractivity contribution in [3.05, 3.63) is 24.3 Å². The van der Waals surface area contributed by atoms with Crippen LogP contribution in [-0.2, 0) is 14.6 Å². The highest BCUT2D eigenvalue weighted by Gasteiger charge is 2.07. The fraction of sp³-hybridized carbons (Fsp3) is 0.417. The van der Waals surface area contributed by atoms with Crippen molar-refractivity contribution >= 4 is 15.8 Å². The molecule has 1 rings (SSSR count). The molecule has 0 aromatic heterocycles. The van der Waals surface area contributed by atoms with Gasteiger partial charge in [0.05, 0.1) is 11.5 Å². The molecule has 0 spiro atoms. The number of ether oxygens (including phenoxy) is 1. The molecule has 0 saturated carbocycles. The minimum absolute atomic E-state index is 0.118. The topological polar surface area (TPSA) is 80.7 Å². The van der Waals surface area contributed by atoms with Crippen molar-refractivity contribution in [2.45, 2.75) is 24.2 Å². The van der Waals surface area contributed by atoms with Gasteiger partial charge in [-0.1, -0.05) is 6.07 Å². The van der Waals surface area contributed by atoms with Crippen LogP contribution in [0.2, 0.25) is 0 Å². The second-order valence-electron chi connectivity index (χ2n) is 3.95. The van der Waals surface area contributed by atoms with Gasteiger partial charge < -0.3 is 9.84 Å². The average Bonchev–Trinajstić information content (AvgIpc) is 2.27. The smallest absolute Gasteiger partial charge is 0.303 e. The quantitative estimate of drug-likeness (QED) is 0.764. The van der Waals surface area contributed by atoms with E-state index < -0.39 is 15.8 Å². The van der Waals surface area contributed by atoms with Gasteiger partial charge in [-0.3, -0.25) is 4.79 Å². The molecule has 0 aliphatic heterocycles. The van der Waals surface area contributed by atoms with E-state index in [-0.39, 0.29) is 11.3 Å². The summed E-state index contributed by atoms with van der Waals surface area (Å²) < 4.78 is 28.0. The molecule has 5 nitrogen and oxygen atoms in total. The molecule has 100 valence electrons. The van der Waals surface area contributed by atoms with Gasteiger partial charge in [0.2, 0.25) is 0 Å². The van der Waals surface area contributed by atoms with Gasteiger partial charge in [0.25, 0.3) is 0 Å². The van der Waals surface area contributed by atoms with Gasteiger partial charge in [0, 0.05) is 12.7 Å². The summed E-state index contributed by atoms with van der Waals surface area (Å²) >= 11 is 0. The zero-order chi connectivity index (χ0) is 13.6. The fourth-order valence-electron chi connectivity index (χ4n) is 1.36. The fourth-order valence-corrected chi connectivity index (χ4v) is 2.02. The van der Waals surface area contributed by atoms with Crippen molar-refractivity contribution in [2.75, 3.05) is 12.9 Å². The molecule has 0 radical (unpaired) electrons. The van der Waals surface area contributed by atoms with E-state index in [1.807, 2.05) is 0 Å². The van der Waals surface area contributed by atoms with Gasteiger partial charge >= 0.3 is 5.97 Å². The maximum Gasteiger partial charge on any atom is 0.303 e. The first-order chi connectivity index (χ1) is 8.39. The number of carboxylic acid groups (broad SMARTS) is 1. The van der Waals surface area contributed by atoms with E-state index in [9.17, 15) is 13.2 Å². The van der Waals surface area contributed by atoms with Crippen LogP contribution in [0.5, 0.6) is 5.75 Å². The number of benzene rings is 1. The van der Waals surface area contributed by atoms with Crippen molar-refractivity contribution < 1.29 is 23.1 Å². The molecular weight excluding hydrogens is 256 g/mol. The Labute approximate surface area is 106 Å². The van der Waals surface area contributed by atoms with Crippen LogP contribution in [0.1, 0.15) is 19.3 Å². The SMILES string of the molecule is CS(=O)(=O)c1cccc(OCCCCC(=O)O)c1. The summed E-state index contributed by atoms with van der Waals surface area (Å²) in [6, 6.07) is 6.26. The predicted octanol–water partition coefficient (Wildman–Crippen LogP) is 1.72. The van der Waals surface area contributed by atoms with Crippen LogP contribution in [0.25, 0.3) is 0 Å². The van der Waals surface area contributed by atoms with Crippen molar-refractivity contribution in [2.24, 2.45) is 0 Å². The summed E-state index contributed by atoms with van der Waals surface area (Å²) in [7, 11) is -3.23. The molecular formula is C12H16O5S. The number of hydrogen-bond donors (Lipinski definition) is 1. The Morgan fingerprint density at radius 3 is 2.67 bits per heavy atom. The molecule has 1 N–H and O–H groups in total. The number of hydrogen-bond acceptors (Lipinski definition) is 4. The Morgan fingerprint density at radius 2 is 2.06 bits per heavy atom. The molecule has 0 aliphatic carbocycles. The lowest BCUT2D eigenvalue weighted by atomic mass is 10.2. The van der Waals surface area contributed by atoms with Crippen molar-refractivity contribution in [3.8, 4) is 5.75 Å². The van der Waals surface area contributed by atoms with Gasteiger partial charge in [0.15, 0.2) is 9.84 Å². The first kappa shape index (κ1) is 14.5. The molecule has 0 bridgehead atoms. The van der Waals surface area contributed by atoms with Crippen LogP contribution in [0.15, 0.2) is 29.2 Å². The maximum atomic E-state index is 11.3. The highest BCUT2D eigenvalue weighted by atomic mass is 32.2. The lowest BCUT2D eigenvalue weighted by molar-refractivity contribution is -0.137. The van der Waals surface area contributed by atoms with Crippen LogP contribution >= 0.6 is 0 Å². The second-order valence-corrected chi connectivity index (χ2v) is 5.96. The Hall–Kier alpha value is -1.56. The molecule has 1 aromatic rings. The van der Waals surface area contributed by atoms with Crippen LogP contribution < -0.4 is 4.74 Å². The standard InChI is InChI=1S/C12H16O5S/c1-18(15,16)11-6-4-5-10(9-11)17-8-3-2-7-12(13)14/h4-6,9H,2-3,7-8H2,1H3,(H,13,14). The highest BCUT2D eigenvalue weighted by Crippen LogP contribution is 2.17. The Morgan fingerprint density at radius 1 is 1.33 bits per heavy atom. The molecule has 0 aliphatic rings. The predicted molar refractivity (Wildman–Crippen MR) is 66.5 cm³/mol. The van der Waals surface area contributed by atoms with E-state index in [0.29, 0.717) is 25.2 Å². The third kappa shape index (κ3) is 5.18. The number of rotatable bonds is 7. The largest absolute Gasteiger partial charge is 0.494 e. The van der Waals surface area contributed by atoms with Gasteiger partial charge in [-0.25, -0.2) is 8.42 Å². The maximum absolute atomic E-state index is 11.3. The van der Waals surface area contributed by atoms with Crippen LogP contribution in [0.3, 0.4) is 0 Å². The number of unbranched alkanes of at least 4 members (excludes halogenated alkanes) is 1. The Bertz CT molecular complexity index is 507. The molecule has 0 atom stereocenters. The summed E-state index contributed by atoms with van der Waals surface area (Å²) in [4.78, 5) is 10.5. The zero-order valence-electron chi connectivity index (χ0n) is 10.1. The number of sulfone groups is 1. The number of carboxylic acids is 1. The third-order valence-corrected chi connectivity index (χ3v) is 3.40. The molecule has 1 aromatic carbocycles. The normalized spacial score (nSPS) is 11.2. The van der Waals surface area contributed by atoms with E-state index in [4.69, 9.17) is 9.84 Å². The van der Waals surface area contributed by atoms with Crippen LogP contribution in [0.4, 0.5) is 0 Å². The average molecular weight is 272 g/mol. The van der Waals surface area contributed by atoms with Gasteiger partial charge in [-0.2, -0.15) is 0 Å². The molecule has 0 unspecified atom stereocenters. The molecule has 0 saturated heterocycles. The monoisotopic (exact) mass is 272 g/mol. The minimum atomic E-state index is -3.23. The van der Waals surface area contributed by atoms with Crippen LogP contribution in [0, 0.1) is 0 Å². The van der Waals surface area contributed by atoms with Crippen LogP contribution in [-0.4, -0.2) is 32.4 Å². The first-order valence-electron chi connectivity index (χ1n) is 5.54. The lowest BCUT2D eigenvalue weighted by Crippen LogP contribution is -2.02. The summed E-state index contributed by atoms with van der Waals surface area (Å²) in [5.74, 6) is -0.345. The zero-order valence-corrected chi connectivity index (χ0v) is 10.9. The van der Waals surface area contributed by atoms with E-state index in [0.717, 1.165) is 6.26 Å². The summed E-state index contributed by atoms with van der Waals surface area (Å²) in [5, 5.41) is 8.45. The van der Waals surface area contributed by atoms with Gasteiger partial charge in [-0.05, 0) is 31.0 Å². The van der Waals surface area contributed by atoms with Crippen molar-refractivity contribution in [1.82, 2.24) is 0 Å². The van der Waals surface area contributed by atoms with Crippen molar-refractivity contribution in [1.29, 1.82) is 0 Å². The van der Waals surface area contributed by atoms with E-state index in [2.05, 4.69) is 0 Å².